The first-order chi connectivity index (χ1) is 32.0. The Morgan fingerprint density at radius 3 is 1.97 bits per heavy atom. The van der Waals surface area contributed by atoms with Gasteiger partial charge in [0, 0.05) is 51.0 Å². The number of fused-ring (bicyclic) bond motifs is 6. The third-order valence-electron chi connectivity index (χ3n) is 13.3. The van der Waals surface area contributed by atoms with Gasteiger partial charge in [-0.1, -0.05) is 208 Å². The van der Waals surface area contributed by atoms with Crippen LogP contribution in [0, 0.1) is 5.92 Å². The summed E-state index contributed by atoms with van der Waals surface area (Å²) in [7, 11) is 0. The summed E-state index contributed by atoms with van der Waals surface area (Å²) >= 11 is 0. The van der Waals surface area contributed by atoms with Gasteiger partial charge in [0.1, 0.15) is 0 Å². The largest absolute Gasteiger partial charge is 0.309 e. The molecular weight excluding hydrogens is 789 g/mol. The van der Waals surface area contributed by atoms with E-state index < -0.39 is 0 Å². The Hall–Kier alpha value is -7.95. The first-order valence-corrected chi connectivity index (χ1v) is 22.5. The van der Waals surface area contributed by atoms with E-state index in [1.807, 2.05) is 36.4 Å². The molecule has 0 amide bonds. The zero-order valence-corrected chi connectivity index (χ0v) is 36.7. The van der Waals surface area contributed by atoms with Crippen LogP contribution in [0.25, 0.3) is 72.0 Å². The molecule has 1 atom stereocenters. The Bertz CT molecular complexity index is 3400. The number of para-hydroxylation sites is 2. The molecule has 4 heteroatoms. The van der Waals surface area contributed by atoms with Crippen LogP contribution in [-0.4, -0.2) is 29.5 Å². The molecule has 0 saturated heterocycles. The third kappa shape index (κ3) is 7.18. The molecule has 2 aliphatic rings. The fourth-order valence-corrected chi connectivity index (χ4v) is 10.1. The fourth-order valence-electron chi connectivity index (χ4n) is 10.1. The highest BCUT2D eigenvalue weighted by Gasteiger charge is 2.35. The molecule has 8 aromatic carbocycles. The summed E-state index contributed by atoms with van der Waals surface area (Å²) in [5, 5.41) is 2.46. The SMILES string of the molecule is C=NC(=NC(=NCC1C=C(n2c3ccccc3c3cccc(-c4ccccc4-c4ccc5c(c4)C(C)(C)c4ccccc4-5)c32)C=CC1)c1ccc(-c2ccccc2)cc1)c1ccccc1. The lowest BCUT2D eigenvalue weighted by molar-refractivity contribution is 0.660. The lowest BCUT2D eigenvalue weighted by Crippen LogP contribution is -2.14. The van der Waals surface area contributed by atoms with Crippen LogP contribution in [-0.2, 0) is 5.41 Å². The summed E-state index contributed by atoms with van der Waals surface area (Å²) in [4.78, 5) is 14.7. The third-order valence-corrected chi connectivity index (χ3v) is 13.3. The van der Waals surface area contributed by atoms with Gasteiger partial charge in [-0.15, -0.1) is 0 Å². The fraction of sp³-hybridized carbons (Fsp3) is 0.0984. The van der Waals surface area contributed by atoms with Crippen molar-refractivity contribution in [3.63, 3.8) is 0 Å². The van der Waals surface area contributed by atoms with Gasteiger partial charge in [-0.05, 0) is 81.4 Å². The zero-order chi connectivity index (χ0) is 43.9. The summed E-state index contributed by atoms with van der Waals surface area (Å²) in [6, 6.07) is 69.4. The molecule has 65 heavy (non-hydrogen) atoms. The van der Waals surface area contributed by atoms with Gasteiger partial charge in [0.2, 0.25) is 0 Å². The molecule has 0 radical (unpaired) electrons. The van der Waals surface area contributed by atoms with Crippen LogP contribution in [0.2, 0.25) is 0 Å². The van der Waals surface area contributed by atoms with E-state index in [1.54, 1.807) is 0 Å². The van der Waals surface area contributed by atoms with E-state index >= 15 is 0 Å². The standard InChI is InChI=1S/C61H48N4/c1-61(2)55-30-14-12-26-50(55)51-37-36-46(39-56(51)61)48-24-10-11-25-49(48)53-28-17-29-54-52-27-13-15-31-57(52)65(58(53)54)47-23-16-18-41(38-47)40-63-60(64-59(62-3)44-21-8-5-9-22-44)45-34-32-43(33-35-45)42-19-6-4-7-20-42/h4-17,19-39,41H,3,18,40H2,1-2H3. The predicted octanol–water partition coefficient (Wildman–Crippen LogP) is 15.1. The number of nitrogens with zero attached hydrogens (tertiary/aromatic N) is 4. The molecule has 0 saturated carbocycles. The molecule has 0 fully saturated rings. The maximum Gasteiger partial charge on any atom is 0.161 e. The molecule has 0 bridgehead atoms. The lowest BCUT2D eigenvalue weighted by Gasteiger charge is -2.22. The second-order valence-electron chi connectivity index (χ2n) is 17.6. The Balaban J connectivity index is 1.00. The van der Waals surface area contributed by atoms with Crippen molar-refractivity contribution in [1.82, 2.24) is 4.57 Å². The van der Waals surface area contributed by atoms with Gasteiger partial charge in [-0.3, -0.25) is 4.99 Å². The van der Waals surface area contributed by atoms with Crippen molar-refractivity contribution in [3.05, 3.63) is 235 Å². The number of rotatable bonds is 8. The maximum absolute atomic E-state index is 5.29. The van der Waals surface area contributed by atoms with E-state index in [0.717, 1.165) is 28.8 Å². The van der Waals surface area contributed by atoms with Crippen molar-refractivity contribution in [3.8, 4) is 44.5 Å². The van der Waals surface area contributed by atoms with E-state index in [1.165, 1.54) is 71.9 Å². The number of amidine groups is 2. The highest BCUT2D eigenvalue weighted by atomic mass is 15.0. The molecule has 1 aromatic heterocycles. The van der Waals surface area contributed by atoms with Crippen molar-refractivity contribution in [1.29, 1.82) is 0 Å². The lowest BCUT2D eigenvalue weighted by atomic mass is 9.81. The van der Waals surface area contributed by atoms with Gasteiger partial charge in [0.05, 0.1) is 11.0 Å². The molecule has 1 unspecified atom stereocenters. The van der Waals surface area contributed by atoms with Crippen molar-refractivity contribution >= 4 is 45.9 Å². The smallest absolute Gasteiger partial charge is 0.161 e. The van der Waals surface area contributed by atoms with Crippen LogP contribution in [0.15, 0.2) is 227 Å². The van der Waals surface area contributed by atoms with E-state index in [0.29, 0.717) is 18.2 Å². The van der Waals surface area contributed by atoms with Gasteiger partial charge < -0.3 is 4.57 Å². The monoisotopic (exact) mass is 836 g/mol. The minimum absolute atomic E-state index is 0.0868. The number of allylic oxidation sites excluding steroid dienone is 3. The molecule has 9 aromatic rings. The summed E-state index contributed by atoms with van der Waals surface area (Å²) in [6.07, 6.45) is 7.86. The molecule has 312 valence electrons. The molecule has 2 aliphatic carbocycles. The molecule has 1 heterocycles. The number of hydrogen-bond donors (Lipinski definition) is 0. The molecular formula is C61H48N4. The predicted molar refractivity (Wildman–Crippen MR) is 275 cm³/mol. The van der Waals surface area contributed by atoms with Crippen LogP contribution in [0.4, 0.5) is 0 Å². The van der Waals surface area contributed by atoms with Crippen molar-refractivity contribution in [2.75, 3.05) is 6.54 Å². The molecule has 0 aliphatic heterocycles. The van der Waals surface area contributed by atoms with Crippen LogP contribution < -0.4 is 0 Å². The topological polar surface area (TPSA) is 42.0 Å². The van der Waals surface area contributed by atoms with Crippen molar-refractivity contribution in [2.45, 2.75) is 25.7 Å². The van der Waals surface area contributed by atoms with E-state index in [2.05, 4.69) is 206 Å². The highest BCUT2D eigenvalue weighted by molar-refractivity contribution is 6.16. The van der Waals surface area contributed by atoms with Gasteiger partial charge in [0.15, 0.2) is 11.7 Å². The minimum Gasteiger partial charge on any atom is -0.309 e. The Kier molecular flexibility index (Phi) is 10.2. The van der Waals surface area contributed by atoms with Gasteiger partial charge in [0.25, 0.3) is 0 Å². The average Bonchev–Trinajstić information content (AvgIpc) is 3.83. The van der Waals surface area contributed by atoms with Gasteiger partial charge in [-0.2, -0.15) is 0 Å². The van der Waals surface area contributed by atoms with Crippen molar-refractivity contribution < 1.29 is 0 Å². The summed E-state index contributed by atoms with van der Waals surface area (Å²) < 4.78 is 2.47. The van der Waals surface area contributed by atoms with Crippen LogP contribution >= 0.6 is 0 Å². The molecule has 0 spiro atoms. The minimum atomic E-state index is -0.0868. The molecule has 0 N–H and O–H groups in total. The Labute approximate surface area is 381 Å². The number of aliphatic imine (C=N–C) groups is 3. The number of aromatic nitrogens is 1. The summed E-state index contributed by atoms with van der Waals surface area (Å²) in [5.41, 5.74) is 17.9. The first-order valence-electron chi connectivity index (χ1n) is 22.5. The summed E-state index contributed by atoms with van der Waals surface area (Å²) in [6.45, 7) is 9.16. The second-order valence-corrected chi connectivity index (χ2v) is 17.6. The first kappa shape index (κ1) is 39.9. The Morgan fingerprint density at radius 2 is 1.17 bits per heavy atom. The molecule has 4 nitrogen and oxygen atoms in total. The zero-order valence-electron chi connectivity index (χ0n) is 36.7. The van der Waals surface area contributed by atoms with Crippen LogP contribution in [0.5, 0.6) is 0 Å². The van der Waals surface area contributed by atoms with Crippen molar-refractivity contribution in [2.24, 2.45) is 20.9 Å². The van der Waals surface area contributed by atoms with Gasteiger partial charge >= 0.3 is 0 Å². The Morgan fingerprint density at radius 1 is 0.554 bits per heavy atom. The van der Waals surface area contributed by atoms with E-state index in [-0.39, 0.29) is 11.3 Å². The van der Waals surface area contributed by atoms with Crippen LogP contribution in [0.3, 0.4) is 0 Å². The van der Waals surface area contributed by atoms with Gasteiger partial charge in [-0.25, -0.2) is 9.98 Å². The second kappa shape index (κ2) is 16.6. The normalized spacial score (nSPS) is 15.5. The number of hydrogen-bond acceptors (Lipinski definition) is 1. The van der Waals surface area contributed by atoms with E-state index in [9.17, 15) is 0 Å². The molecule has 11 rings (SSSR count). The van der Waals surface area contributed by atoms with E-state index in [4.69, 9.17) is 9.98 Å². The quantitative estimate of drug-likeness (QED) is 0.108. The highest BCUT2D eigenvalue weighted by Crippen LogP contribution is 2.50. The maximum atomic E-state index is 5.29. The average molecular weight is 837 g/mol. The summed E-state index contributed by atoms with van der Waals surface area (Å²) in [5.74, 6) is 1.31. The van der Waals surface area contributed by atoms with Crippen LogP contribution in [0.1, 0.15) is 42.5 Å². The number of benzene rings is 8.